The first-order chi connectivity index (χ1) is 36.6. The molecule has 2 aliphatic rings. The van der Waals surface area contributed by atoms with E-state index in [-0.39, 0.29) is 29.5 Å². The highest BCUT2D eigenvalue weighted by Gasteiger charge is 2.35. The van der Waals surface area contributed by atoms with Crippen LogP contribution in [0, 0.1) is 23.7 Å². The van der Waals surface area contributed by atoms with Crippen LogP contribution in [-0.2, 0) is 38.2 Å². The Labute approximate surface area is 441 Å². The maximum atomic E-state index is 13.7. The monoisotopic (exact) mass is 1040 g/mol. The first-order valence-electron chi connectivity index (χ1n) is 26.0. The second-order valence-electron chi connectivity index (χ2n) is 18.6. The minimum atomic E-state index is -0.436. The van der Waals surface area contributed by atoms with Crippen LogP contribution in [0.25, 0.3) is 20.8 Å². The standard InChI is InChI=1S/C59H65NO14S/c1-3-51(61)69-38-14-7-5-12-36-67-45-26-30-47(31-27-45)71-56(63)41-18-22-43(23-19-41)58(65)73-49-34-35-50(54-53(49)60-55(75-54)40-16-10-9-11-17-40)74-59(66)44-24-20-42(21-25-44)57(64)72-48-32-28-46(29-33-48)68-37-13-6-8-15-39-70-52(62)4-2/h3-4,9-11,16-17,26-35,41-44H,1-2,5-8,12-15,18-25,36-39H2. The number of ether oxygens (including phenoxy) is 8. The number of unbranched alkanes of at least 4 members (excludes halogenated alkanes) is 6. The second kappa shape index (κ2) is 28.9. The molecule has 1 heterocycles. The van der Waals surface area contributed by atoms with Crippen LogP contribution in [0.4, 0.5) is 0 Å². The van der Waals surface area contributed by atoms with Crippen molar-refractivity contribution in [2.24, 2.45) is 23.7 Å². The van der Waals surface area contributed by atoms with E-state index in [9.17, 15) is 28.8 Å². The molecule has 0 bridgehead atoms. The number of aromatic nitrogens is 1. The topological polar surface area (TPSA) is 189 Å². The van der Waals surface area contributed by atoms with Crippen molar-refractivity contribution < 1.29 is 66.7 Å². The Bertz CT molecular complexity index is 2540. The molecule has 4 aromatic carbocycles. The Morgan fingerprint density at radius 3 is 1.25 bits per heavy atom. The molecule has 0 unspecified atom stereocenters. The maximum absolute atomic E-state index is 13.7. The van der Waals surface area contributed by atoms with Crippen LogP contribution >= 0.6 is 11.3 Å². The van der Waals surface area contributed by atoms with Crippen LogP contribution in [-0.4, -0.2) is 67.2 Å². The zero-order chi connectivity index (χ0) is 52.8. The highest BCUT2D eigenvalue weighted by Crippen LogP contribution is 2.42. The van der Waals surface area contributed by atoms with Gasteiger partial charge in [0.15, 0.2) is 11.5 Å². The second-order valence-corrected chi connectivity index (χ2v) is 19.6. The number of carbonyl (C=O) groups is 6. The first-order valence-corrected chi connectivity index (χ1v) is 26.8. The molecular formula is C59H65NO14S. The van der Waals surface area contributed by atoms with Crippen LogP contribution in [0.3, 0.4) is 0 Å². The van der Waals surface area contributed by atoms with Gasteiger partial charge in [0.05, 0.1) is 50.1 Å². The Morgan fingerprint density at radius 2 is 0.827 bits per heavy atom. The predicted octanol–water partition coefficient (Wildman–Crippen LogP) is 11.9. The van der Waals surface area contributed by atoms with Gasteiger partial charge in [-0.3, -0.25) is 19.2 Å². The third-order valence-electron chi connectivity index (χ3n) is 13.2. The van der Waals surface area contributed by atoms with Gasteiger partial charge in [-0.05, 0) is 163 Å². The summed E-state index contributed by atoms with van der Waals surface area (Å²) in [6.45, 7) is 8.59. The van der Waals surface area contributed by atoms with Crippen molar-refractivity contribution in [3.63, 3.8) is 0 Å². The molecule has 2 saturated carbocycles. The van der Waals surface area contributed by atoms with Gasteiger partial charge in [0, 0.05) is 17.7 Å². The Balaban J connectivity index is 0.847. The summed E-state index contributed by atoms with van der Waals surface area (Å²) in [5.74, 6) is -1.21. The van der Waals surface area contributed by atoms with Crippen molar-refractivity contribution in [1.82, 2.24) is 4.98 Å². The van der Waals surface area contributed by atoms with E-state index in [1.807, 2.05) is 30.3 Å². The SMILES string of the molecule is C=CC(=O)OCCCCCCOc1ccc(OC(=O)C2CCC(C(=O)Oc3ccc(OC(=O)C4CCC(C(=O)Oc5ccc(OCCCCCCOC(=O)C=C)cc5)CC4)c4sc(-c5ccccc5)nc34)CC2)cc1. The summed E-state index contributed by atoms with van der Waals surface area (Å²) in [6.07, 6.45) is 12.9. The number of fused-ring (bicyclic) bond motifs is 1. The fourth-order valence-electron chi connectivity index (χ4n) is 8.91. The molecule has 0 spiro atoms. The first kappa shape index (κ1) is 55.4. The normalized spacial score (nSPS) is 17.2. The quantitative estimate of drug-likeness (QED) is 0.0209. The average Bonchev–Trinajstić information content (AvgIpc) is 3.91. The summed E-state index contributed by atoms with van der Waals surface area (Å²) in [5, 5.41) is 0.664. The van der Waals surface area contributed by atoms with E-state index < -0.39 is 35.7 Å². The molecule has 75 heavy (non-hydrogen) atoms. The van der Waals surface area contributed by atoms with Crippen molar-refractivity contribution in [2.45, 2.75) is 103 Å². The van der Waals surface area contributed by atoms with E-state index in [1.54, 1.807) is 60.7 Å². The molecule has 2 fully saturated rings. The fraction of sp³-hybridized carbons (Fsp3) is 0.407. The van der Waals surface area contributed by atoms with Crippen molar-refractivity contribution in [1.29, 1.82) is 0 Å². The lowest BCUT2D eigenvalue weighted by molar-refractivity contribution is -0.145. The number of benzene rings is 4. The summed E-state index contributed by atoms with van der Waals surface area (Å²) < 4.78 is 45.7. The van der Waals surface area contributed by atoms with Gasteiger partial charge in [0.25, 0.3) is 0 Å². The van der Waals surface area contributed by atoms with Crippen molar-refractivity contribution >= 4 is 57.4 Å². The van der Waals surface area contributed by atoms with Gasteiger partial charge in [-0.15, -0.1) is 11.3 Å². The van der Waals surface area contributed by atoms with E-state index in [0.717, 1.165) is 69.1 Å². The lowest BCUT2D eigenvalue weighted by Gasteiger charge is -2.26. The Morgan fingerprint density at radius 1 is 0.453 bits per heavy atom. The molecular weight excluding hydrogens is 979 g/mol. The van der Waals surface area contributed by atoms with Crippen LogP contribution in [0.1, 0.15) is 103 Å². The lowest BCUT2D eigenvalue weighted by atomic mass is 9.82. The minimum Gasteiger partial charge on any atom is -0.494 e. The van der Waals surface area contributed by atoms with Gasteiger partial charge < -0.3 is 37.9 Å². The molecule has 396 valence electrons. The molecule has 16 heteroatoms. The summed E-state index contributed by atoms with van der Waals surface area (Å²) in [4.78, 5) is 80.9. The highest BCUT2D eigenvalue weighted by molar-refractivity contribution is 7.22. The third kappa shape index (κ3) is 17.1. The minimum absolute atomic E-state index is 0.251. The highest BCUT2D eigenvalue weighted by atomic mass is 32.1. The molecule has 0 N–H and O–H groups in total. The zero-order valence-corrected chi connectivity index (χ0v) is 43.1. The van der Waals surface area contributed by atoms with Gasteiger partial charge in [-0.2, -0.15) is 0 Å². The Hall–Kier alpha value is -7.33. The van der Waals surface area contributed by atoms with Crippen molar-refractivity contribution in [3.05, 3.63) is 116 Å². The van der Waals surface area contributed by atoms with Gasteiger partial charge in [-0.25, -0.2) is 14.6 Å². The van der Waals surface area contributed by atoms with E-state index in [2.05, 4.69) is 13.2 Å². The van der Waals surface area contributed by atoms with Crippen LogP contribution in [0.2, 0.25) is 0 Å². The summed E-state index contributed by atoms with van der Waals surface area (Å²) in [5.41, 5.74) is 1.25. The smallest absolute Gasteiger partial charge is 0.330 e. The number of hydrogen-bond donors (Lipinski definition) is 0. The van der Waals surface area contributed by atoms with Crippen LogP contribution in [0.15, 0.2) is 116 Å². The number of carbonyl (C=O) groups excluding carboxylic acids is 6. The molecule has 0 radical (unpaired) electrons. The molecule has 0 amide bonds. The summed E-state index contributed by atoms with van der Waals surface area (Å²) >= 11 is 1.34. The van der Waals surface area contributed by atoms with Crippen molar-refractivity contribution in [2.75, 3.05) is 26.4 Å². The number of thiazole rings is 1. The zero-order valence-electron chi connectivity index (χ0n) is 42.3. The molecule has 0 saturated heterocycles. The van der Waals surface area contributed by atoms with Gasteiger partial charge in [0.2, 0.25) is 0 Å². The summed E-state index contributed by atoms with van der Waals surface area (Å²) in [6, 6.07) is 26.7. The number of rotatable bonds is 27. The molecule has 15 nitrogen and oxygen atoms in total. The van der Waals surface area contributed by atoms with Gasteiger partial charge >= 0.3 is 35.8 Å². The number of esters is 6. The molecule has 7 rings (SSSR count). The molecule has 0 atom stereocenters. The molecule has 5 aromatic rings. The van der Waals surface area contributed by atoms with E-state index in [0.29, 0.717) is 122 Å². The number of nitrogens with zero attached hydrogens (tertiary/aromatic N) is 1. The average molecular weight is 1040 g/mol. The fourth-order valence-corrected chi connectivity index (χ4v) is 9.94. The van der Waals surface area contributed by atoms with Crippen molar-refractivity contribution in [3.8, 4) is 45.1 Å². The number of hydrogen-bond acceptors (Lipinski definition) is 16. The maximum Gasteiger partial charge on any atom is 0.330 e. The molecule has 1 aromatic heterocycles. The third-order valence-corrected chi connectivity index (χ3v) is 14.3. The Kier molecular flexibility index (Phi) is 21.4. The van der Waals surface area contributed by atoms with Crippen LogP contribution in [0.5, 0.6) is 34.5 Å². The van der Waals surface area contributed by atoms with E-state index in [1.165, 1.54) is 11.3 Å². The molecule has 0 aliphatic heterocycles. The largest absolute Gasteiger partial charge is 0.494 e. The van der Waals surface area contributed by atoms with Crippen LogP contribution < -0.4 is 28.4 Å². The predicted molar refractivity (Wildman–Crippen MR) is 282 cm³/mol. The lowest BCUT2D eigenvalue weighted by Crippen LogP contribution is -2.30. The van der Waals surface area contributed by atoms with E-state index >= 15 is 0 Å². The van der Waals surface area contributed by atoms with E-state index in [4.69, 9.17) is 42.9 Å². The molecule has 2 aliphatic carbocycles. The summed E-state index contributed by atoms with van der Waals surface area (Å²) in [7, 11) is 0. The van der Waals surface area contributed by atoms with Gasteiger partial charge in [0.1, 0.15) is 38.2 Å². The van der Waals surface area contributed by atoms with Gasteiger partial charge in [-0.1, -0.05) is 43.5 Å².